The molecule has 0 aromatic heterocycles. The van der Waals surface area contributed by atoms with E-state index in [4.69, 9.17) is 5.73 Å². The van der Waals surface area contributed by atoms with Gasteiger partial charge in [-0.1, -0.05) is 25.5 Å². The van der Waals surface area contributed by atoms with Crippen molar-refractivity contribution in [2.24, 2.45) is 11.7 Å². The van der Waals surface area contributed by atoms with Crippen LogP contribution in [0.15, 0.2) is 11.6 Å². The van der Waals surface area contributed by atoms with Crippen molar-refractivity contribution in [1.82, 2.24) is 0 Å². The first-order valence-corrected chi connectivity index (χ1v) is 4.21. The first kappa shape index (κ1) is 10.0. The SMILES string of the molecule is CCC=C(C)C(C)C(N)S. The van der Waals surface area contributed by atoms with Crippen LogP contribution in [-0.2, 0) is 0 Å². The number of hydrogen-bond acceptors (Lipinski definition) is 2. The van der Waals surface area contributed by atoms with Crippen molar-refractivity contribution in [1.29, 1.82) is 0 Å². The van der Waals surface area contributed by atoms with Crippen LogP contribution in [0.1, 0.15) is 27.2 Å². The molecule has 0 saturated carbocycles. The molecule has 0 amide bonds. The van der Waals surface area contributed by atoms with E-state index in [0.29, 0.717) is 5.92 Å². The van der Waals surface area contributed by atoms with E-state index in [1.54, 1.807) is 0 Å². The van der Waals surface area contributed by atoms with E-state index in [-0.39, 0.29) is 5.37 Å². The maximum Gasteiger partial charge on any atom is 0.0540 e. The van der Waals surface area contributed by atoms with Gasteiger partial charge in [0.05, 0.1) is 5.37 Å². The smallest absolute Gasteiger partial charge is 0.0540 e. The summed E-state index contributed by atoms with van der Waals surface area (Å²) in [6.45, 7) is 6.32. The fraction of sp³-hybridized carbons (Fsp3) is 0.750. The van der Waals surface area contributed by atoms with Gasteiger partial charge in [0.2, 0.25) is 0 Å². The van der Waals surface area contributed by atoms with Crippen LogP contribution in [0.5, 0.6) is 0 Å². The van der Waals surface area contributed by atoms with Gasteiger partial charge in [-0.25, -0.2) is 0 Å². The third-order valence-electron chi connectivity index (χ3n) is 1.76. The van der Waals surface area contributed by atoms with E-state index in [2.05, 4.69) is 39.5 Å². The molecule has 0 radical (unpaired) electrons. The van der Waals surface area contributed by atoms with Gasteiger partial charge in [-0.3, -0.25) is 0 Å². The highest BCUT2D eigenvalue weighted by molar-refractivity contribution is 7.80. The van der Waals surface area contributed by atoms with Gasteiger partial charge in [0.1, 0.15) is 0 Å². The molecule has 0 aromatic rings. The maximum atomic E-state index is 5.59. The minimum atomic E-state index is -0.0252. The second-order valence-corrected chi connectivity index (χ2v) is 3.23. The molecule has 2 atom stereocenters. The molecule has 0 fully saturated rings. The van der Waals surface area contributed by atoms with Crippen LogP contribution in [0.25, 0.3) is 0 Å². The second kappa shape index (κ2) is 4.80. The Morgan fingerprint density at radius 2 is 2.20 bits per heavy atom. The predicted molar refractivity (Wildman–Crippen MR) is 50.2 cm³/mol. The summed E-state index contributed by atoms with van der Waals surface area (Å²) in [7, 11) is 0. The Morgan fingerprint density at radius 3 is 2.50 bits per heavy atom. The fourth-order valence-electron chi connectivity index (χ4n) is 0.777. The zero-order valence-electron chi connectivity index (χ0n) is 6.96. The lowest BCUT2D eigenvalue weighted by Gasteiger charge is -2.14. The van der Waals surface area contributed by atoms with Crippen LogP contribution in [0.4, 0.5) is 0 Å². The van der Waals surface area contributed by atoms with E-state index in [1.807, 2.05) is 0 Å². The zero-order valence-corrected chi connectivity index (χ0v) is 7.86. The molecule has 0 aromatic carbocycles. The highest BCUT2D eigenvalue weighted by Gasteiger charge is 2.08. The molecule has 0 bridgehead atoms. The van der Waals surface area contributed by atoms with Crippen molar-refractivity contribution in [3.63, 3.8) is 0 Å². The average Bonchev–Trinajstić information content (AvgIpc) is 1.87. The van der Waals surface area contributed by atoms with Gasteiger partial charge in [-0.05, 0) is 13.3 Å². The predicted octanol–water partition coefficient (Wildman–Crippen LogP) is 2.19. The molecule has 0 aliphatic rings. The topological polar surface area (TPSA) is 26.0 Å². The van der Waals surface area contributed by atoms with E-state index in [0.717, 1.165) is 6.42 Å². The maximum absolute atomic E-state index is 5.59. The Balaban J connectivity index is 3.93. The van der Waals surface area contributed by atoms with Gasteiger partial charge >= 0.3 is 0 Å². The van der Waals surface area contributed by atoms with E-state index in [1.165, 1.54) is 5.57 Å². The zero-order chi connectivity index (χ0) is 8.15. The van der Waals surface area contributed by atoms with Crippen molar-refractivity contribution in [3.05, 3.63) is 11.6 Å². The summed E-state index contributed by atoms with van der Waals surface area (Å²) in [5, 5.41) is -0.0252. The van der Waals surface area contributed by atoms with Gasteiger partial charge in [-0.2, -0.15) is 12.6 Å². The molecule has 0 rings (SSSR count). The summed E-state index contributed by atoms with van der Waals surface area (Å²) >= 11 is 4.16. The van der Waals surface area contributed by atoms with Crippen molar-refractivity contribution >= 4 is 12.6 Å². The number of hydrogen-bond donors (Lipinski definition) is 2. The molecule has 10 heavy (non-hydrogen) atoms. The summed E-state index contributed by atoms with van der Waals surface area (Å²) in [6, 6.07) is 0. The fourth-order valence-corrected chi connectivity index (χ4v) is 1.01. The largest absolute Gasteiger partial charge is 0.319 e. The Bertz CT molecular complexity index is 118. The first-order chi connectivity index (χ1) is 4.59. The number of allylic oxidation sites excluding steroid dienone is 1. The van der Waals surface area contributed by atoms with Crippen LogP contribution in [0, 0.1) is 5.92 Å². The second-order valence-electron chi connectivity index (χ2n) is 2.64. The minimum Gasteiger partial charge on any atom is -0.319 e. The molecule has 2 N–H and O–H groups in total. The molecule has 0 heterocycles. The lowest BCUT2D eigenvalue weighted by Crippen LogP contribution is -2.22. The van der Waals surface area contributed by atoms with Crippen LogP contribution < -0.4 is 5.73 Å². The highest BCUT2D eigenvalue weighted by Crippen LogP contribution is 2.15. The van der Waals surface area contributed by atoms with Crippen LogP contribution in [0.2, 0.25) is 0 Å². The lowest BCUT2D eigenvalue weighted by atomic mass is 10.0. The number of nitrogens with two attached hydrogens (primary N) is 1. The molecule has 60 valence electrons. The highest BCUT2D eigenvalue weighted by atomic mass is 32.1. The Hall–Kier alpha value is 0.0500. The summed E-state index contributed by atoms with van der Waals surface area (Å²) in [5.74, 6) is 0.392. The number of rotatable bonds is 3. The molecule has 2 unspecified atom stereocenters. The van der Waals surface area contributed by atoms with Gasteiger partial charge < -0.3 is 5.73 Å². The Labute approximate surface area is 69.1 Å². The lowest BCUT2D eigenvalue weighted by molar-refractivity contribution is 0.653. The van der Waals surface area contributed by atoms with E-state index >= 15 is 0 Å². The standard InChI is InChI=1S/C8H17NS/c1-4-5-6(2)7(3)8(9)10/h5,7-8,10H,4,9H2,1-3H3. The monoisotopic (exact) mass is 159 g/mol. The first-order valence-electron chi connectivity index (χ1n) is 3.69. The molecular formula is C8H17NS. The minimum absolute atomic E-state index is 0.0252. The van der Waals surface area contributed by atoms with Crippen LogP contribution >= 0.6 is 12.6 Å². The van der Waals surface area contributed by atoms with Gasteiger partial charge in [0, 0.05) is 5.92 Å². The summed E-state index contributed by atoms with van der Waals surface area (Å²) in [4.78, 5) is 0. The summed E-state index contributed by atoms with van der Waals surface area (Å²) in [6.07, 6.45) is 3.28. The molecule has 0 aliphatic carbocycles. The van der Waals surface area contributed by atoms with Crippen LogP contribution in [-0.4, -0.2) is 5.37 Å². The van der Waals surface area contributed by atoms with E-state index < -0.39 is 0 Å². The number of thiol groups is 1. The van der Waals surface area contributed by atoms with Crippen molar-refractivity contribution in [3.8, 4) is 0 Å². The average molecular weight is 159 g/mol. The molecule has 0 spiro atoms. The third kappa shape index (κ3) is 3.28. The molecular weight excluding hydrogens is 142 g/mol. The summed E-state index contributed by atoms with van der Waals surface area (Å²) < 4.78 is 0. The van der Waals surface area contributed by atoms with Gasteiger partial charge in [-0.15, -0.1) is 0 Å². The molecule has 2 heteroatoms. The summed E-state index contributed by atoms with van der Waals surface area (Å²) in [5.41, 5.74) is 6.93. The van der Waals surface area contributed by atoms with Crippen molar-refractivity contribution in [2.45, 2.75) is 32.6 Å². The third-order valence-corrected chi connectivity index (χ3v) is 2.20. The quantitative estimate of drug-likeness (QED) is 0.368. The van der Waals surface area contributed by atoms with E-state index in [9.17, 15) is 0 Å². The van der Waals surface area contributed by atoms with Gasteiger partial charge in [0.15, 0.2) is 0 Å². The van der Waals surface area contributed by atoms with Crippen molar-refractivity contribution < 1.29 is 0 Å². The van der Waals surface area contributed by atoms with Gasteiger partial charge in [0.25, 0.3) is 0 Å². The molecule has 0 aliphatic heterocycles. The Kier molecular flexibility index (Phi) is 4.83. The Morgan fingerprint density at radius 1 is 1.70 bits per heavy atom. The van der Waals surface area contributed by atoms with Crippen LogP contribution in [0.3, 0.4) is 0 Å². The molecule has 0 saturated heterocycles. The van der Waals surface area contributed by atoms with Crippen molar-refractivity contribution in [2.75, 3.05) is 0 Å². The molecule has 1 nitrogen and oxygen atoms in total. The normalized spacial score (nSPS) is 18.7.